The molecule has 12 heteroatoms. The number of hydrogen-bond donors (Lipinski definition) is 1. The van der Waals surface area contributed by atoms with Crippen molar-refractivity contribution in [3.63, 3.8) is 0 Å². The molecule has 1 amide bonds. The molecule has 1 N–H and O–H groups in total. The molecular weight excluding hydrogens is 569 g/mol. The van der Waals surface area contributed by atoms with Gasteiger partial charge in [-0.1, -0.05) is 48.0 Å². The Labute approximate surface area is 233 Å². The van der Waals surface area contributed by atoms with E-state index in [-0.39, 0.29) is 27.0 Å². The molecule has 7 nitrogen and oxygen atoms in total. The number of ether oxygens (including phenoxy) is 2. The number of hydrogen-bond acceptors (Lipinski definition) is 5. The summed E-state index contributed by atoms with van der Waals surface area (Å²) in [4.78, 5) is 13.0. The van der Waals surface area contributed by atoms with Gasteiger partial charge in [-0.05, 0) is 60.7 Å². The van der Waals surface area contributed by atoms with E-state index in [0.717, 1.165) is 12.1 Å². The fraction of sp³-hybridized carbons (Fsp3) is 0.107. The van der Waals surface area contributed by atoms with E-state index in [0.29, 0.717) is 21.9 Å². The van der Waals surface area contributed by atoms with Crippen LogP contribution in [0.5, 0.6) is 17.2 Å². The highest BCUT2D eigenvalue weighted by atomic mass is 35.5. The van der Waals surface area contributed by atoms with Gasteiger partial charge in [-0.25, -0.2) is 8.42 Å². The Balaban J connectivity index is 1.69. The van der Waals surface area contributed by atoms with Gasteiger partial charge in [-0.15, -0.1) is 0 Å². The lowest BCUT2D eigenvalue weighted by atomic mass is 10.2. The Hall–Kier alpha value is -4.22. The number of para-hydroxylation sites is 2. The van der Waals surface area contributed by atoms with E-state index >= 15 is 0 Å². The van der Waals surface area contributed by atoms with Gasteiger partial charge in [-0.2, -0.15) is 13.2 Å². The highest BCUT2D eigenvalue weighted by Gasteiger charge is 2.33. The molecule has 0 aromatic heterocycles. The van der Waals surface area contributed by atoms with Crippen LogP contribution in [0.3, 0.4) is 0 Å². The molecule has 0 aliphatic rings. The Morgan fingerprint density at radius 3 is 2.23 bits per heavy atom. The van der Waals surface area contributed by atoms with Crippen molar-refractivity contribution in [1.29, 1.82) is 0 Å². The summed E-state index contributed by atoms with van der Waals surface area (Å²) in [7, 11) is -2.99. The summed E-state index contributed by atoms with van der Waals surface area (Å²) in [5, 5.41) is 2.80. The summed E-state index contributed by atoms with van der Waals surface area (Å²) in [6, 6.07) is 22.0. The van der Waals surface area contributed by atoms with Gasteiger partial charge >= 0.3 is 6.18 Å². The molecule has 0 aliphatic heterocycles. The van der Waals surface area contributed by atoms with Crippen LogP contribution in [-0.2, 0) is 21.0 Å². The van der Waals surface area contributed by atoms with Crippen molar-refractivity contribution in [2.45, 2.75) is 11.1 Å². The summed E-state index contributed by atoms with van der Waals surface area (Å²) in [5.74, 6) is 0.0577. The van der Waals surface area contributed by atoms with Crippen LogP contribution in [0.1, 0.15) is 5.56 Å². The molecule has 0 atom stereocenters. The van der Waals surface area contributed by atoms with Crippen molar-refractivity contribution >= 4 is 38.9 Å². The monoisotopic (exact) mass is 590 g/mol. The second kappa shape index (κ2) is 11.9. The normalized spacial score (nSPS) is 11.5. The molecule has 40 heavy (non-hydrogen) atoms. The molecular formula is C28H22ClF3N2O5S. The highest BCUT2D eigenvalue weighted by Crippen LogP contribution is 2.37. The van der Waals surface area contributed by atoms with Crippen molar-refractivity contribution in [2.24, 2.45) is 0 Å². The Bertz CT molecular complexity index is 1620. The van der Waals surface area contributed by atoms with Crippen molar-refractivity contribution in [1.82, 2.24) is 0 Å². The SMILES string of the molecule is COc1ccccc1Oc1ccc(Cl)cc1NC(=O)CN(c1cccc(C(F)(F)F)c1)S(=O)(=O)c1ccccc1. The van der Waals surface area contributed by atoms with Gasteiger partial charge in [0.2, 0.25) is 5.91 Å². The number of rotatable bonds is 9. The summed E-state index contributed by atoms with van der Waals surface area (Å²) in [5.41, 5.74) is -1.31. The van der Waals surface area contributed by atoms with Gasteiger partial charge in [0.15, 0.2) is 17.2 Å². The quantitative estimate of drug-likeness (QED) is 0.227. The van der Waals surface area contributed by atoms with Crippen LogP contribution in [0.2, 0.25) is 5.02 Å². The Kier molecular flexibility index (Phi) is 8.55. The third kappa shape index (κ3) is 6.67. The fourth-order valence-corrected chi connectivity index (χ4v) is 5.31. The van der Waals surface area contributed by atoms with Crippen LogP contribution in [0.25, 0.3) is 0 Å². The van der Waals surface area contributed by atoms with E-state index < -0.39 is 34.2 Å². The van der Waals surface area contributed by atoms with E-state index in [9.17, 15) is 26.4 Å². The number of halogens is 4. The van der Waals surface area contributed by atoms with E-state index in [1.807, 2.05) is 0 Å². The number of sulfonamides is 1. The van der Waals surface area contributed by atoms with E-state index in [4.69, 9.17) is 21.1 Å². The van der Waals surface area contributed by atoms with Crippen molar-refractivity contribution in [2.75, 3.05) is 23.3 Å². The molecule has 0 spiro atoms. The number of carbonyl (C=O) groups is 1. The average molecular weight is 591 g/mol. The van der Waals surface area contributed by atoms with Crippen molar-refractivity contribution in [3.05, 3.63) is 108 Å². The molecule has 0 heterocycles. The molecule has 0 fully saturated rings. The number of nitrogens with one attached hydrogen (secondary N) is 1. The van der Waals surface area contributed by atoms with Gasteiger partial charge in [-0.3, -0.25) is 9.10 Å². The Morgan fingerprint density at radius 2 is 1.55 bits per heavy atom. The van der Waals surface area contributed by atoms with E-state index in [1.165, 1.54) is 55.6 Å². The first kappa shape index (κ1) is 28.8. The maximum atomic E-state index is 13.5. The molecule has 0 saturated carbocycles. The summed E-state index contributed by atoms with van der Waals surface area (Å²) >= 11 is 6.13. The highest BCUT2D eigenvalue weighted by molar-refractivity contribution is 7.92. The second-order valence-corrected chi connectivity index (χ2v) is 10.6. The van der Waals surface area contributed by atoms with E-state index in [2.05, 4.69) is 5.32 Å². The molecule has 0 bridgehead atoms. The molecule has 4 rings (SSSR count). The smallest absolute Gasteiger partial charge is 0.416 e. The lowest BCUT2D eigenvalue weighted by Gasteiger charge is -2.25. The predicted octanol–water partition coefficient (Wildman–Crippen LogP) is 6.99. The summed E-state index contributed by atoms with van der Waals surface area (Å²) < 4.78 is 79.1. The number of carbonyl (C=O) groups excluding carboxylic acids is 1. The minimum atomic E-state index is -4.73. The molecule has 0 aliphatic carbocycles. The maximum Gasteiger partial charge on any atom is 0.416 e. The van der Waals surface area contributed by atoms with Crippen LogP contribution in [-0.4, -0.2) is 28.0 Å². The lowest BCUT2D eigenvalue weighted by Crippen LogP contribution is -2.38. The van der Waals surface area contributed by atoms with Gasteiger partial charge in [0.25, 0.3) is 10.0 Å². The first-order valence-corrected chi connectivity index (χ1v) is 13.5. The van der Waals surface area contributed by atoms with Crippen molar-refractivity contribution < 1.29 is 35.9 Å². The van der Waals surface area contributed by atoms with Crippen LogP contribution in [0.15, 0.2) is 102 Å². The van der Waals surface area contributed by atoms with Crippen LogP contribution in [0, 0.1) is 0 Å². The number of nitrogens with zero attached hydrogens (tertiary/aromatic N) is 1. The number of benzene rings is 4. The fourth-order valence-electron chi connectivity index (χ4n) is 3.70. The van der Waals surface area contributed by atoms with Gasteiger partial charge in [0.1, 0.15) is 6.54 Å². The topological polar surface area (TPSA) is 84.9 Å². The molecule has 4 aromatic rings. The van der Waals surface area contributed by atoms with Crippen LogP contribution < -0.4 is 19.1 Å². The molecule has 208 valence electrons. The lowest BCUT2D eigenvalue weighted by molar-refractivity contribution is -0.137. The molecule has 0 unspecified atom stereocenters. The number of anilines is 2. The first-order valence-electron chi connectivity index (χ1n) is 11.6. The van der Waals surface area contributed by atoms with Crippen LogP contribution in [0.4, 0.5) is 24.5 Å². The number of methoxy groups -OCH3 is 1. The molecule has 4 aromatic carbocycles. The average Bonchev–Trinajstić information content (AvgIpc) is 2.93. The third-order valence-electron chi connectivity index (χ3n) is 5.58. The second-order valence-electron chi connectivity index (χ2n) is 8.31. The van der Waals surface area contributed by atoms with Gasteiger partial charge in [0.05, 0.1) is 28.9 Å². The van der Waals surface area contributed by atoms with Gasteiger partial charge in [0, 0.05) is 5.02 Å². The summed E-state index contributed by atoms with van der Waals surface area (Å²) in [6.45, 7) is -0.848. The zero-order valence-corrected chi connectivity index (χ0v) is 22.4. The predicted molar refractivity (Wildman–Crippen MR) is 146 cm³/mol. The summed E-state index contributed by atoms with van der Waals surface area (Å²) in [6.07, 6.45) is -4.73. The zero-order chi connectivity index (χ0) is 28.9. The minimum absolute atomic E-state index is 0.101. The molecule has 0 radical (unpaired) electrons. The number of amides is 1. The maximum absolute atomic E-state index is 13.5. The first-order chi connectivity index (χ1) is 19.0. The van der Waals surface area contributed by atoms with Crippen LogP contribution >= 0.6 is 11.6 Å². The molecule has 0 saturated heterocycles. The minimum Gasteiger partial charge on any atom is -0.493 e. The third-order valence-corrected chi connectivity index (χ3v) is 7.61. The largest absolute Gasteiger partial charge is 0.493 e. The zero-order valence-electron chi connectivity index (χ0n) is 20.9. The number of alkyl halides is 3. The standard InChI is InChI=1S/C28H22ClF3N2O5S/c1-38-25-12-5-6-13-26(25)39-24-15-14-20(29)17-23(24)33-27(35)18-34(40(36,37)22-10-3-2-4-11-22)21-9-7-8-19(16-21)28(30,31)32/h2-17H,18H2,1H3,(H,33,35). The van der Waals surface area contributed by atoms with E-state index in [1.54, 1.807) is 30.3 Å². The van der Waals surface area contributed by atoms with Crippen molar-refractivity contribution in [3.8, 4) is 17.2 Å². The van der Waals surface area contributed by atoms with Gasteiger partial charge < -0.3 is 14.8 Å². The Morgan fingerprint density at radius 1 is 0.875 bits per heavy atom.